The summed E-state index contributed by atoms with van der Waals surface area (Å²) in [6.45, 7) is 4.11. The lowest BCUT2D eigenvalue weighted by atomic mass is 10.1. The zero-order valence-corrected chi connectivity index (χ0v) is 11.3. The molecule has 1 aromatic carbocycles. The molecule has 0 radical (unpaired) electrons. The molecule has 0 aliphatic rings. The maximum Gasteiger partial charge on any atom is 0.189 e. The lowest BCUT2D eigenvalue weighted by Crippen LogP contribution is -2.08. The van der Waals surface area contributed by atoms with Crippen LogP contribution in [-0.2, 0) is 6.42 Å². The number of hydrogen-bond acceptors (Lipinski definition) is 1. The van der Waals surface area contributed by atoms with Crippen LogP contribution in [0.1, 0.15) is 19.5 Å². The zero-order chi connectivity index (χ0) is 12.6. The average Bonchev–Trinajstić information content (AvgIpc) is 2.19. The third kappa shape index (κ3) is 2.57. The summed E-state index contributed by atoms with van der Waals surface area (Å²) in [6, 6.07) is 4.54. The first-order valence-corrected chi connectivity index (χ1v) is 6.27. The van der Waals surface area contributed by atoms with Crippen LogP contribution in [0, 0.1) is 11.7 Å². The van der Waals surface area contributed by atoms with Gasteiger partial charge < -0.3 is 4.98 Å². The van der Waals surface area contributed by atoms with Gasteiger partial charge in [-0.1, -0.05) is 29.8 Å². The Morgan fingerprint density at radius 1 is 1.35 bits per heavy atom. The zero-order valence-electron chi connectivity index (χ0n) is 9.68. The van der Waals surface area contributed by atoms with Crippen LogP contribution >= 0.6 is 15.9 Å². The molecule has 1 N–H and O–H groups in total. The highest BCUT2D eigenvalue weighted by atomic mass is 79.9. The van der Waals surface area contributed by atoms with Crippen LogP contribution in [0.2, 0.25) is 0 Å². The Bertz CT molecular complexity index is 619. The Labute approximate surface area is 107 Å². The topological polar surface area (TPSA) is 32.9 Å². The maximum atomic E-state index is 13.7. The van der Waals surface area contributed by atoms with Gasteiger partial charge in [0, 0.05) is 21.6 Å². The lowest BCUT2D eigenvalue weighted by molar-refractivity contribution is 0.624. The molecule has 0 spiro atoms. The molecule has 0 fully saturated rings. The van der Waals surface area contributed by atoms with Crippen LogP contribution < -0.4 is 5.43 Å². The molecule has 0 atom stereocenters. The van der Waals surface area contributed by atoms with Gasteiger partial charge in [-0.05, 0) is 24.5 Å². The van der Waals surface area contributed by atoms with E-state index < -0.39 is 5.82 Å². The Balaban J connectivity index is 2.69. The SMILES string of the molecule is CC(C)Cc1cc(=O)c2cc(Br)cc(F)c2[nH]1. The lowest BCUT2D eigenvalue weighted by Gasteiger charge is -2.07. The van der Waals surface area contributed by atoms with E-state index in [2.05, 4.69) is 34.8 Å². The quantitative estimate of drug-likeness (QED) is 0.902. The van der Waals surface area contributed by atoms with E-state index in [-0.39, 0.29) is 10.9 Å². The summed E-state index contributed by atoms with van der Waals surface area (Å²) in [5.74, 6) is 0.0127. The predicted octanol–water partition coefficient (Wildman–Crippen LogP) is 3.63. The third-order valence-corrected chi connectivity index (χ3v) is 3.00. The van der Waals surface area contributed by atoms with Crippen LogP contribution in [0.5, 0.6) is 0 Å². The molecule has 0 aliphatic carbocycles. The van der Waals surface area contributed by atoms with E-state index in [0.29, 0.717) is 15.8 Å². The second-order valence-electron chi connectivity index (χ2n) is 4.57. The highest BCUT2D eigenvalue weighted by Gasteiger charge is 2.09. The Hall–Kier alpha value is -1.16. The van der Waals surface area contributed by atoms with E-state index in [4.69, 9.17) is 0 Å². The largest absolute Gasteiger partial charge is 0.356 e. The first-order chi connectivity index (χ1) is 7.97. The van der Waals surface area contributed by atoms with Crippen LogP contribution in [-0.4, -0.2) is 4.98 Å². The van der Waals surface area contributed by atoms with E-state index in [0.717, 1.165) is 12.1 Å². The summed E-state index contributed by atoms with van der Waals surface area (Å²) >= 11 is 3.18. The van der Waals surface area contributed by atoms with Crippen LogP contribution in [0.15, 0.2) is 27.5 Å². The molecule has 1 heterocycles. The summed E-state index contributed by atoms with van der Waals surface area (Å²) in [7, 11) is 0. The third-order valence-electron chi connectivity index (χ3n) is 2.54. The van der Waals surface area contributed by atoms with Gasteiger partial charge >= 0.3 is 0 Å². The van der Waals surface area contributed by atoms with Gasteiger partial charge in [0.2, 0.25) is 0 Å². The monoisotopic (exact) mass is 297 g/mol. The summed E-state index contributed by atoms with van der Waals surface area (Å²) in [6.07, 6.45) is 0.737. The number of benzene rings is 1. The molecule has 2 aromatic rings. The molecule has 0 unspecified atom stereocenters. The van der Waals surface area contributed by atoms with Gasteiger partial charge in [0.1, 0.15) is 5.82 Å². The van der Waals surface area contributed by atoms with Crippen molar-refractivity contribution in [2.24, 2.45) is 5.92 Å². The van der Waals surface area contributed by atoms with E-state index in [9.17, 15) is 9.18 Å². The van der Waals surface area contributed by atoms with Crippen molar-refractivity contribution in [2.75, 3.05) is 0 Å². The molecule has 0 saturated heterocycles. The fourth-order valence-electron chi connectivity index (χ4n) is 1.88. The standard InChI is InChI=1S/C13H13BrFNO/c1-7(2)3-9-6-12(17)10-4-8(14)5-11(15)13(10)16-9/h4-7H,3H2,1-2H3,(H,16,17). The van der Waals surface area contributed by atoms with E-state index >= 15 is 0 Å². The Morgan fingerprint density at radius 3 is 2.71 bits per heavy atom. The molecule has 2 nitrogen and oxygen atoms in total. The summed E-state index contributed by atoms with van der Waals surface area (Å²) in [5.41, 5.74) is 0.921. The van der Waals surface area contributed by atoms with Gasteiger partial charge in [0.25, 0.3) is 0 Å². The highest BCUT2D eigenvalue weighted by Crippen LogP contribution is 2.20. The minimum Gasteiger partial charge on any atom is -0.356 e. The molecule has 17 heavy (non-hydrogen) atoms. The molecule has 0 bridgehead atoms. The molecule has 0 saturated carbocycles. The smallest absolute Gasteiger partial charge is 0.189 e. The van der Waals surface area contributed by atoms with E-state index in [1.165, 1.54) is 6.07 Å². The normalized spacial score (nSPS) is 11.4. The molecule has 0 aliphatic heterocycles. The fraction of sp³-hybridized carbons (Fsp3) is 0.308. The summed E-state index contributed by atoms with van der Waals surface area (Å²) < 4.78 is 14.3. The number of hydrogen-bond donors (Lipinski definition) is 1. The molecule has 1 aromatic heterocycles. The summed E-state index contributed by atoms with van der Waals surface area (Å²) in [5, 5.41) is 0.379. The fourth-order valence-corrected chi connectivity index (χ4v) is 2.31. The second-order valence-corrected chi connectivity index (χ2v) is 5.48. The Kier molecular flexibility index (Phi) is 3.33. The number of aromatic amines is 1. The van der Waals surface area contributed by atoms with Gasteiger partial charge in [-0.15, -0.1) is 0 Å². The number of fused-ring (bicyclic) bond motifs is 1. The maximum absolute atomic E-state index is 13.7. The second kappa shape index (κ2) is 4.61. The van der Waals surface area contributed by atoms with Crippen molar-refractivity contribution in [2.45, 2.75) is 20.3 Å². The van der Waals surface area contributed by atoms with Crippen molar-refractivity contribution in [3.63, 3.8) is 0 Å². The van der Waals surface area contributed by atoms with Crippen molar-refractivity contribution in [1.82, 2.24) is 4.98 Å². The molecule has 2 rings (SSSR count). The Morgan fingerprint density at radius 2 is 2.06 bits per heavy atom. The molecule has 4 heteroatoms. The minimum atomic E-state index is -0.405. The van der Waals surface area contributed by atoms with Crippen molar-refractivity contribution in [1.29, 1.82) is 0 Å². The number of nitrogens with one attached hydrogen (secondary N) is 1. The van der Waals surface area contributed by atoms with Crippen molar-refractivity contribution < 1.29 is 4.39 Å². The number of rotatable bonds is 2. The highest BCUT2D eigenvalue weighted by molar-refractivity contribution is 9.10. The number of aromatic nitrogens is 1. The van der Waals surface area contributed by atoms with Crippen molar-refractivity contribution in [3.05, 3.63) is 44.4 Å². The molecule has 0 amide bonds. The van der Waals surface area contributed by atoms with Crippen LogP contribution in [0.4, 0.5) is 4.39 Å². The van der Waals surface area contributed by atoms with Crippen LogP contribution in [0.25, 0.3) is 10.9 Å². The van der Waals surface area contributed by atoms with E-state index in [1.54, 1.807) is 12.1 Å². The van der Waals surface area contributed by atoms with Gasteiger partial charge in [-0.2, -0.15) is 0 Å². The first-order valence-electron chi connectivity index (χ1n) is 5.48. The number of pyridine rings is 1. The van der Waals surface area contributed by atoms with Gasteiger partial charge in [-0.25, -0.2) is 4.39 Å². The predicted molar refractivity (Wildman–Crippen MR) is 70.8 cm³/mol. The van der Waals surface area contributed by atoms with Gasteiger partial charge in [0.15, 0.2) is 5.43 Å². The van der Waals surface area contributed by atoms with Gasteiger partial charge in [0.05, 0.1) is 5.52 Å². The average molecular weight is 298 g/mol. The molecular weight excluding hydrogens is 285 g/mol. The summed E-state index contributed by atoms with van der Waals surface area (Å²) in [4.78, 5) is 14.9. The molecule has 90 valence electrons. The van der Waals surface area contributed by atoms with Gasteiger partial charge in [-0.3, -0.25) is 4.79 Å². The van der Waals surface area contributed by atoms with Crippen LogP contribution in [0.3, 0.4) is 0 Å². The first kappa shape index (κ1) is 12.3. The number of H-pyrrole nitrogens is 1. The van der Waals surface area contributed by atoms with Crippen molar-refractivity contribution in [3.8, 4) is 0 Å². The van der Waals surface area contributed by atoms with E-state index in [1.807, 2.05) is 0 Å². The minimum absolute atomic E-state index is 0.144. The number of halogens is 2. The molecular formula is C13H13BrFNO. The van der Waals surface area contributed by atoms with Crippen molar-refractivity contribution >= 4 is 26.8 Å².